The maximum Gasteiger partial charge on any atom is 0.338 e. The van der Waals surface area contributed by atoms with Gasteiger partial charge in [0.05, 0.1) is 35.4 Å². The molecule has 0 fully saturated rings. The molecule has 136 valence electrons. The van der Waals surface area contributed by atoms with Gasteiger partial charge in [0.25, 0.3) is 0 Å². The molecule has 0 aromatic heterocycles. The minimum atomic E-state index is -0.727. The molecule has 1 heterocycles. The maximum absolute atomic E-state index is 12.5. The Kier molecular flexibility index (Phi) is 6.19. The number of hydrogen-bond acceptors (Lipinski definition) is 4. The number of hydrogen-bond donors (Lipinski definition) is 2. The lowest BCUT2D eigenvalue weighted by molar-refractivity contribution is -0.140. The summed E-state index contributed by atoms with van der Waals surface area (Å²) in [5.74, 6) is 0.0167. The van der Waals surface area contributed by atoms with E-state index in [1.807, 2.05) is 13.8 Å². The summed E-state index contributed by atoms with van der Waals surface area (Å²) in [6, 6.07) is 2.05. The van der Waals surface area contributed by atoms with Crippen LogP contribution in [-0.2, 0) is 9.53 Å². The summed E-state index contributed by atoms with van der Waals surface area (Å²) in [5.41, 5.74) is 1.28. The molecule has 0 aliphatic carbocycles. The van der Waals surface area contributed by atoms with Crippen molar-refractivity contribution in [3.63, 3.8) is 0 Å². The van der Waals surface area contributed by atoms with E-state index < -0.39 is 18.0 Å². The number of benzene rings is 1. The predicted molar refractivity (Wildman–Crippen MR) is 95.9 cm³/mol. The van der Waals surface area contributed by atoms with Crippen molar-refractivity contribution in [2.75, 3.05) is 13.7 Å². The average molecular weight is 387 g/mol. The number of esters is 1. The highest BCUT2D eigenvalue weighted by atomic mass is 35.5. The van der Waals surface area contributed by atoms with Gasteiger partial charge in [-0.25, -0.2) is 9.59 Å². The normalized spacial score (nSPS) is 17.2. The third-order valence-corrected chi connectivity index (χ3v) is 4.16. The SMILES string of the molecule is COc1c(Cl)cc(C2NC(=O)NC(C)=C2C(=O)OCC(C)C)cc1Cl. The molecular formula is C17H20Cl2N2O4. The number of rotatable bonds is 5. The van der Waals surface area contributed by atoms with Crippen LogP contribution in [0.25, 0.3) is 0 Å². The van der Waals surface area contributed by atoms with Crippen molar-refractivity contribution in [3.05, 3.63) is 39.0 Å². The molecule has 1 aliphatic heterocycles. The summed E-state index contributed by atoms with van der Waals surface area (Å²) in [5, 5.41) is 5.86. The zero-order valence-electron chi connectivity index (χ0n) is 14.4. The van der Waals surface area contributed by atoms with Crippen molar-refractivity contribution in [2.24, 2.45) is 5.92 Å². The minimum absolute atomic E-state index is 0.194. The van der Waals surface area contributed by atoms with Crippen LogP contribution in [0.2, 0.25) is 10.0 Å². The lowest BCUT2D eigenvalue weighted by Crippen LogP contribution is -2.45. The molecule has 0 spiro atoms. The first-order chi connectivity index (χ1) is 11.7. The molecule has 2 N–H and O–H groups in total. The van der Waals surface area contributed by atoms with E-state index in [9.17, 15) is 9.59 Å². The summed E-state index contributed by atoms with van der Waals surface area (Å²) in [7, 11) is 1.46. The van der Waals surface area contributed by atoms with E-state index in [1.54, 1.807) is 19.1 Å². The van der Waals surface area contributed by atoms with Gasteiger partial charge in [-0.1, -0.05) is 37.0 Å². The van der Waals surface area contributed by atoms with Crippen LogP contribution in [0, 0.1) is 5.92 Å². The summed E-state index contributed by atoms with van der Waals surface area (Å²) < 4.78 is 10.5. The number of methoxy groups -OCH3 is 1. The van der Waals surface area contributed by atoms with Crippen LogP contribution < -0.4 is 15.4 Å². The first kappa shape index (κ1) is 19.4. The second-order valence-electron chi connectivity index (χ2n) is 6.08. The Hall–Kier alpha value is -1.92. The Morgan fingerprint density at radius 2 is 1.88 bits per heavy atom. The van der Waals surface area contributed by atoms with Crippen LogP contribution in [0.4, 0.5) is 4.79 Å². The van der Waals surface area contributed by atoms with Crippen LogP contribution in [0.1, 0.15) is 32.4 Å². The Balaban J connectivity index is 2.44. The van der Waals surface area contributed by atoms with Crippen LogP contribution in [0.3, 0.4) is 0 Å². The van der Waals surface area contributed by atoms with Crippen molar-refractivity contribution in [3.8, 4) is 5.75 Å². The van der Waals surface area contributed by atoms with Gasteiger partial charge in [0.1, 0.15) is 0 Å². The Labute approximate surface area is 156 Å². The van der Waals surface area contributed by atoms with Gasteiger partial charge < -0.3 is 20.1 Å². The molecular weight excluding hydrogens is 367 g/mol. The number of halogens is 2. The van der Waals surface area contributed by atoms with Gasteiger partial charge in [-0.15, -0.1) is 0 Å². The molecule has 0 saturated heterocycles. The smallest absolute Gasteiger partial charge is 0.338 e. The van der Waals surface area contributed by atoms with Gasteiger partial charge in [-0.05, 0) is 30.5 Å². The summed E-state index contributed by atoms with van der Waals surface area (Å²) >= 11 is 12.4. The lowest BCUT2D eigenvalue weighted by atomic mass is 9.95. The number of urea groups is 1. The van der Waals surface area contributed by atoms with Crippen molar-refractivity contribution >= 4 is 35.2 Å². The van der Waals surface area contributed by atoms with E-state index in [-0.39, 0.29) is 22.6 Å². The molecule has 25 heavy (non-hydrogen) atoms. The van der Waals surface area contributed by atoms with Crippen molar-refractivity contribution in [1.29, 1.82) is 0 Å². The van der Waals surface area contributed by atoms with Gasteiger partial charge in [-0.2, -0.15) is 0 Å². The molecule has 1 atom stereocenters. The third kappa shape index (κ3) is 4.38. The number of allylic oxidation sites excluding steroid dienone is 1. The Morgan fingerprint density at radius 1 is 1.28 bits per heavy atom. The molecule has 1 aromatic rings. The number of carbonyl (C=O) groups excluding carboxylic acids is 2. The lowest BCUT2D eigenvalue weighted by Gasteiger charge is -2.28. The first-order valence-corrected chi connectivity index (χ1v) is 8.48. The molecule has 2 amide bonds. The van der Waals surface area contributed by atoms with Gasteiger partial charge in [0, 0.05) is 5.70 Å². The molecule has 0 bridgehead atoms. The first-order valence-electron chi connectivity index (χ1n) is 7.73. The fourth-order valence-electron chi connectivity index (χ4n) is 2.48. The summed E-state index contributed by atoms with van der Waals surface area (Å²) in [4.78, 5) is 24.4. The molecule has 8 heteroatoms. The largest absolute Gasteiger partial charge is 0.494 e. The predicted octanol–water partition coefficient (Wildman–Crippen LogP) is 3.83. The van der Waals surface area contributed by atoms with Gasteiger partial charge in [-0.3, -0.25) is 0 Å². The van der Waals surface area contributed by atoms with E-state index in [2.05, 4.69) is 10.6 Å². The fourth-order valence-corrected chi connectivity index (χ4v) is 3.13. The zero-order chi connectivity index (χ0) is 18.7. The van der Waals surface area contributed by atoms with E-state index in [0.29, 0.717) is 22.6 Å². The third-order valence-electron chi connectivity index (χ3n) is 3.59. The Morgan fingerprint density at radius 3 is 2.40 bits per heavy atom. The molecule has 0 saturated carbocycles. The van der Waals surface area contributed by atoms with Crippen LogP contribution in [-0.4, -0.2) is 25.7 Å². The van der Waals surface area contributed by atoms with Gasteiger partial charge >= 0.3 is 12.0 Å². The molecule has 6 nitrogen and oxygen atoms in total. The maximum atomic E-state index is 12.5. The van der Waals surface area contributed by atoms with Crippen molar-refractivity contribution in [2.45, 2.75) is 26.8 Å². The van der Waals surface area contributed by atoms with E-state index >= 15 is 0 Å². The topological polar surface area (TPSA) is 76.7 Å². The van der Waals surface area contributed by atoms with Crippen molar-refractivity contribution in [1.82, 2.24) is 10.6 Å². The molecule has 0 radical (unpaired) electrons. The molecule has 1 aromatic carbocycles. The van der Waals surface area contributed by atoms with Crippen LogP contribution in [0.5, 0.6) is 5.75 Å². The summed E-state index contributed by atoms with van der Waals surface area (Å²) in [6.45, 7) is 5.80. The molecule has 2 rings (SSSR count). The average Bonchev–Trinajstić information content (AvgIpc) is 2.51. The van der Waals surface area contributed by atoms with Crippen LogP contribution in [0.15, 0.2) is 23.4 Å². The van der Waals surface area contributed by atoms with Gasteiger partial charge in [0.15, 0.2) is 5.75 Å². The zero-order valence-corrected chi connectivity index (χ0v) is 15.9. The highest BCUT2D eigenvalue weighted by Gasteiger charge is 2.33. The molecule has 1 unspecified atom stereocenters. The second-order valence-corrected chi connectivity index (χ2v) is 6.89. The number of amides is 2. The molecule has 1 aliphatic rings. The van der Waals surface area contributed by atoms with E-state index in [0.717, 1.165) is 0 Å². The standard InChI is InChI=1S/C17H20Cl2N2O4/c1-8(2)7-25-16(22)13-9(3)20-17(23)21-14(13)10-5-11(18)15(24-4)12(19)6-10/h5-6,8,14H,7H2,1-4H3,(H2,20,21,23). The number of nitrogens with one attached hydrogen (secondary N) is 2. The Bertz CT molecular complexity index is 708. The summed E-state index contributed by atoms with van der Waals surface area (Å²) in [6.07, 6.45) is 0. The fraction of sp³-hybridized carbons (Fsp3) is 0.412. The van der Waals surface area contributed by atoms with Gasteiger partial charge in [0.2, 0.25) is 0 Å². The highest BCUT2D eigenvalue weighted by Crippen LogP contribution is 2.38. The minimum Gasteiger partial charge on any atom is -0.494 e. The highest BCUT2D eigenvalue weighted by molar-refractivity contribution is 6.37. The van der Waals surface area contributed by atoms with Crippen LogP contribution >= 0.6 is 23.2 Å². The quantitative estimate of drug-likeness (QED) is 0.753. The second kappa shape index (κ2) is 7.97. The number of ether oxygens (including phenoxy) is 2. The number of carbonyl (C=O) groups is 2. The van der Waals surface area contributed by atoms with E-state index in [1.165, 1.54) is 7.11 Å². The monoisotopic (exact) mass is 386 g/mol. The van der Waals surface area contributed by atoms with Crippen molar-refractivity contribution < 1.29 is 19.1 Å². The van der Waals surface area contributed by atoms with E-state index in [4.69, 9.17) is 32.7 Å².